The second kappa shape index (κ2) is 8.20. The van der Waals surface area contributed by atoms with Gasteiger partial charge in [0.2, 0.25) is 0 Å². The molecule has 1 aromatic heterocycles. The van der Waals surface area contributed by atoms with Gasteiger partial charge in [0.15, 0.2) is 5.96 Å². The summed E-state index contributed by atoms with van der Waals surface area (Å²) in [4.78, 5) is 4.60. The van der Waals surface area contributed by atoms with Gasteiger partial charge >= 0.3 is 0 Å². The SMILES string of the molecule is CCNC(=NCc1ccon1)NCC1(CC(C)C)CCCC1. The lowest BCUT2D eigenvalue weighted by molar-refractivity contribution is 0.234. The third kappa shape index (κ3) is 5.04. The third-order valence-corrected chi connectivity index (χ3v) is 4.37. The molecule has 124 valence electrons. The van der Waals surface area contributed by atoms with Crippen LogP contribution < -0.4 is 10.6 Å². The highest BCUT2D eigenvalue weighted by Gasteiger charge is 2.34. The molecule has 0 radical (unpaired) electrons. The van der Waals surface area contributed by atoms with Crippen molar-refractivity contribution in [2.75, 3.05) is 13.1 Å². The molecule has 0 bridgehead atoms. The second-order valence-electron chi connectivity index (χ2n) is 6.84. The number of aromatic nitrogens is 1. The molecule has 0 atom stereocenters. The first-order chi connectivity index (χ1) is 10.6. The molecule has 0 amide bonds. The average molecular weight is 306 g/mol. The first-order valence-electron chi connectivity index (χ1n) is 8.55. The molecule has 1 aliphatic rings. The van der Waals surface area contributed by atoms with Crippen LogP contribution in [0.25, 0.3) is 0 Å². The van der Waals surface area contributed by atoms with Crippen LogP contribution in [0, 0.1) is 11.3 Å². The Balaban J connectivity index is 1.93. The molecule has 5 heteroatoms. The van der Waals surface area contributed by atoms with Crippen LogP contribution >= 0.6 is 0 Å². The van der Waals surface area contributed by atoms with Crippen molar-refractivity contribution in [3.63, 3.8) is 0 Å². The Morgan fingerprint density at radius 2 is 2.14 bits per heavy atom. The highest BCUT2D eigenvalue weighted by molar-refractivity contribution is 5.79. The molecule has 0 spiro atoms. The number of aliphatic imine (C=N–C) groups is 1. The zero-order valence-electron chi connectivity index (χ0n) is 14.2. The molecular weight excluding hydrogens is 276 g/mol. The van der Waals surface area contributed by atoms with Gasteiger partial charge in [-0.25, -0.2) is 4.99 Å². The molecule has 1 fully saturated rings. The minimum atomic E-state index is 0.443. The van der Waals surface area contributed by atoms with E-state index in [1.807, 2.05) is 6.07 Å². The molecule has 2 rings (SSSR count). The van der Waals surface area contributed by atoms with Gasteiger partial charge < -0.3 is 15.2 Å². The maximum atomic E-state index is 4.85. The normalized spacial score (nSPS) is 17.9. The van der Waals surface area contributed by atoms with Crippen LogP contribution in [-0.4, -0.2) is 24.2 Å². The number of hydrogen-bond acceptors (Lipinski definition) is 3. The van der Waals surface area contributed by atoms with Crippen LogP contribution in [-0.2, 0) is 6.54 Å². The molecule has 1 aliphatic carbocycles. The van der Waals surface area contributed by atoms with Crippen molar-refractivity contribution in [1.29, 1.82) is 0 Å². The predicted octanol–water partition coefficient (Wildman–Crippen LogP) is 3.34. The van der Waals surface area contributed by atoms with Gasteiger partial charge in [0.05, 0.1) is 6.54 Å². The lowest BCUT2D eigenvalue weighted by Crippen LogP contribution is -2.43. The molecule has 5 nitrogen and oxygen atoms in total. The van der Waals surface area contributed by atoms with E-state index < -0.39 is 0 Å². The summed E-state index contributed by atoms with van der Waals surface area (Å²) >= 11 is 0. The fourth-order valence-corrected chi connectivity index (χ4v) is 3.54. The highest BCUT2D eigenvalue weighted by Crippen LogP contribution is 2.42. The van der Waals surface area contributed by atoms with Gasteiger partial charge in [0.1, 0.15) is 12.0 Å². The highest BCUT2D eigenvalue weighted by atomic mass is 16.5. The smallest absolute Gasteiger partial charge is 0.191 e. The van der Waals surface area contributed by atoms with Crippen LogP contribution in [0.1, 0.15) is 58.6 Å². The molecule has 0 saturated heterocycles. The molecule has 1 heterocycles. The maximum absolute atomic E-state index is 4.85. The van der Waals surface area contributed by atoms with Crippen LogP contribution in [0.4, 0.5) is 0 Å². The summed E-state index contributed by atoms with van der Waals surface area (Å²) in [5, 5.41) is 10.8. The van der Waals surface area contributed by atoms with Crippen LogP contribution in [0.3, 0.4) is 0 Å². The largest absolute Gasteiger partial charge is 0.364 e. The Hall–Kier alpha value is -1.52. The zero-order chi connectivity index (χ0) is 15.8. The van der Waals surface area contributed by atoms with Crippen LogP contribution in [0.2, 0.25) is 0 Å². The topological polar surface area (TPSA) is 62.5 Å². The van der Waals surface area contributed by atoms with Crippen molar-refractivity contribution in [1.82, 2.24) is 15.8 Å². The number of hydrogen-bond donors (Lipinski definition) is 2. The monoisotopic (exact) mass is 306 g/mol. The number of nitrogens with zero attached hydrogens (tertiary/aromatic N) is 2. The summed E-state index contributed by atoms with van der Waals surface area (Å²) in [7, 11) is 0. The van der Waals surface area contributed by atoms with E-state index in [1.165, 1.54) is 32.1 Å². The minimum absolute atomic E-state index is 0.443. The zero-order valence-corrected chi connectivity index (χ0v) is 14.2. The van der Waals surface area contributed by atoms with Crippen molar-refractivity contribution in [2.45, 2.75) is 59.4 Å². The average Bonchev–Trinajstić information content (AvgIpc) is 3.13. The summed E-state index contributed by atoms with van der Waals surface area (Å²) in [6, 6.07) is 1.85. The Labute approximate surface area is 133 Å². The number of rotatable bonds is 7. The summed E-state index contributed by atoms with van der Waals surface area (Å²) < 4.78 is 4.85. The lowest BCUT2D eigenvalue weighted by Gasteiger charge is -2.31. The first-order valence-corrected chi connectivity index (χ1v) is 8.55. The van der Waals surface area contributed by atoms with E-state index in [-0.39, 0.29) is 0 Å². The van der Waals surface area contributed by atoms with E-state index in [4.69, 9.17) is 4.52 Å². The van der Waals surface area contributed by atoms with Crippen molar-refractivity contribution < 1.29 is 4.52 Å². The lowest BCUT2D eigenvalue weighted by atomic mass is 9.78. The minimum Gasteiger partial charge on any atom is -0.364 e. The Morgan fingerprint density at radius 1 is 1.36 bits per heavy atom. The van der Waals surface area contributed by atoms with Gasteiger partial charge in [-0.1, -0.05) is 31.8 Å². The number of guanidine groups is 1. The summed E-state index contributed by atoms with van der Waals surface area (Å²) in [5.74, 6) is 1.62. The second-order valence-corrected chi connectivity index (χ2v) is 6.84. The molecule has 1 aromatic rings. The Morgan fingerprint density at radius 3 is 2.73 bits per heavy atom. The number of nitrogens with one attached hydrogen (secondary N) is 2. The molecule has 22 heavy (non-hydrogen) atoms. The van der Waals surface area contributed by atoms with E-state index in [0.29, 0.717) is 12.0 Å². The fourth-order valence-electron chi connectivity index (χ4n) is 3.54. The van der Waals surface area contributed by atoms with E-state index in [1.54, 1.807) is 6.26 Å². The predicted molar refractivity (Wildman–Crippen MR) is 89.7 cm³/mol. The molecule has 0 unspecified atom stereocenters. The molecule has 2 N–H and O–H groups in total. The van der Waals surface area contributed by atoms with Gasteiger partial charge in [-0.3, -0.25) is 0 Å². The standard InChI is InChI=1S/C17H30N4O/c1-4-18-16(19-12-15-7-10-22-21-15)20-13-17(11-14(2)3)8-5-6-9-17/h7,10,14H,4-6,8-9,11-13H2,1-3H3,(H2,18,19,20). The first kappa shape index (κ1) is 16.8. The van der Waals surface area contributed by atoms with Crippen molar-refractivity contribution in [3.8, 4) is 0 Å². The van der Waals surface area contributed by atoms with E-state index in [2.05, 4.69) is 41.6 Å². The van der Waals surface area contributed by atoms with Crippen molar-refractivity contribution >= 4 is 5.96 Å². The molecular formula is C17H30N4O. The fraction of sp³-hybridized carbons (Fsp3) is 0.765. The summed E-state index contributed by atoms with van der Waals surface area (Å²) in [6.45, 7) is 9.15. The third-order valence-electron chi connectivity index (χ3n) is 4.37. The quantitative estimate of drug-likeness (QED) is 0.599. The van der Waals surface area contributed by atoms with Crippen molar-refractivity contribution in [2.24, 2.45) is 16.3 Å². The summed E-state index contributed by atoms with van der Waals surface area (Å²) in [5.41, 5.74) is 1.30. The molecule has 0 aromatic carbocycles. The van der Waals surface area contributed by atoms with Crippen LogP contribution in [0.5, 0.6) is 0 Å². The maximum Gasteiger partial charge on any atom is 0.191 e. The van der Waals surface area contributed by atoms with Gasteiger partial charge in [0, 0.05) is 19.2 Å². The van der Waals surface area contributed by atoms with E-state index in [0.717, 1.165) is 30.7 Å². The molecule has 1 saturated carbocycles. The van der Waals surface area contributed by atoms with Gasteiger partial charge in [-0.2, -0.15) is 0 Å². The molecule has 0 aliphatic heterocycles. The van der Waals surface area contributed by atoms with E-state index >= 15 is 0 Å². The Bertz CT molecular complexity index is 447. The summed E-state index contributed by atoms with van der Waals surface area (Å²) in [6.07, 6.45) is 8.27. The van der Waals surface area contributed by atoms with Gasteiger partial charge in [0.25, 0.3) is 0 Å². The Kier molecular flexibility index (Phi) is 6.28. The van der Waals surface area contributed by atoms with E-state index in [9.17, 15) is 0 Å². The van der Waals surface area contributed by atoms with Crippen LogP contribution in [0.15, 0.2) is 21.8 Å². The van der Waals surface area contributed by atoms with Gasteiger partial charge in [-0.15, -0.1) is 0 Å². The van der Waals surface area contributed by atoms with Crippen molar-refractivity contribution in [3.05, 3.63) is 18.0 Å². The van der Waals surface area contributed by atoms with Gasteiger partial charge in [-0.05, 0) is 37.5 Å².